The molecule has 118 valence electrons. The van der Waals surface area contributed by atoms with Crippen molar-refractivity contribution in [2.75, 3.05) is 13.2 Å². The maximum atomic E-state index is 13.2. The fraction of sp³-hybridized carbons (Fsp3) is 0.647. The average molecular weight is 314 g/mol. The summed E-state index contributed by atoms with van der Waals surface area (Å²) in [4.78, 5) is 0. The van der Waals surface area contributed by atoms with Gasteiger partial charge in [-0.25, -0.2) is 4.39 Å². The second-order valence-corrected chi connectivity index (χ2v) is 6.47. The van der Waals surface area contributed by atoms with Gasteiger partial charge in [-0.2, -0.15) is 0 Å². The first kappa shape index (κ1) is 16.7. The number of benzene rings is 1. The highest BCUT2D eigenvalue weighted by Crippen LogP contribution is 2.31. The molecule has 1 saturated heterocycles. The molecular formula is C17H25ClFNO. The summed E-state index contributed by atoms with van der Waals surface area (Å²) in [6.07, 6.45) is 5.21. The predicted octanol–water partition coefficient (Wildman–Crippen LogP) is 4.35. The van der Waals surface area contributed by atoms with Gasteiger partial charge >= 0.3 is 0 Å². The highest BCUT2D eigenvalue weighted by molar-refractivity contribution is 6.31. The molecule has 2 nitrogen and oxygen atoms in total. The van der Waals surface area contributed by atoms with Crippen molar-refractivity contribution in [2.45, 2.75) is 57.6 Å². The Morgan fingerprint density at radius 3 is 2.86 bits per heavy atom. The third-order valence-electron chi connectivity index (χ3n) is 4.32. The molecule has 1 aromatic carbocycles. The fourth-order valence-corrected chi connectivity index (χ4v) is 3.20. The van der Waals surface area contributed by atoms with E-state index < -0.39 is 0 Å². The molecule has 2 rings (SSSR count). The molecule has 0 bridgehead atoms. The molecule has 2 atom stereocenters. The normalized spacial score (nSPS) is 24.0. The van der Waals surface area contributed by atoms with Crippen molar-refractivity contribution in [3.63, 3.8) is 0 Å². The molecule has 0 saturated carbocycles. The van der Waals surface area contributed by atoms with Gasteiger partial charge in [-0.15, -0.1) is 0 Å². The lowest BCUT2D eigenvalue weighted by molar-refractivity contribution is -0.0883. The zero-order valence-corrected chi connectivity index (χ0v) is 13.7. The minimum atomic E-state index is -0.290. The van der Waals surface area contributed by atoms with Crippen LogP contribution in [0.3, 0.4) is 0 Å². The van der Waals surface area contributed by atoms with Gasteiger partial charge < -0.3 is 10.1 Å². The van der Waals surface area contributed by atoms with Crippen LogP contribution in [0.5, 0.6) is 0 Å². The van der Waals surface area contributed by atoms with E-state index in [1.807, 2.05) is 0 Å². The van der Waals surface area contributed by atoms with E-state index in [9.17, 15) is 4.39 Å². The van der Waals surface area contributed by atoms with Crippen LogP contribution in [0.15, 0.2) is 18.2 Å². The number of hydrogen-bond acceptors (Lipinski definition) is 2. The van der Waals surface area contributed by atoms with Crippen LogP contribution >= 0.6 is 11.6 Å². The third kappa shape index (κ3) is 4.41. The Morgan fingerprint density at radius 1 is 1.43 bits per heavy atom. The zero-order chi connectivity index (χ0) is 15.3. The van der Waals surface area contributed by atoms with Gasteiger partial charge in [0.25, 0.3) is 0 Å². The van der Waals surface area contributed by atoms with E-state index in [2.05, 4.69) is 19.2 Å². The topological polar surface area (TPSA) is 21.3 Å². The molecule has 1 aliphatic rings. The SMILES string of the molecule is CCCNC(Cc1ccc(F)cc1Cl)C1(C)CCCCO1. The van der Waals surface area contributed by atoms with Gasteiger partial charge in [0.15, 0.2) is 0 Å². The summed E-state index contributed by atoms with van der Waals surface area (Å²) in [5.74, 6) is -0.290. The average Bonchev–Trinajstić information content (AvgIpc) is 2.46. The van der Waals surface area contributed by atoms with E-state index in [0.29, 0.717) is 5.02 Å². The molecule has 21 heavy (non-hydrogen) atoms. The highest BCUT2D eigenvalue weighted by atomic mass is 35.5. The zero-order valence-electron chi connectivity index (χ0n) is 12.9. The van der Waals surface area contributed by atoms with Gasteiger partial charge in [0.05, 0.1) is 5.60 Å². The van der Waals surface area contributed by atoms with E-state index in [0.717, 1.165) is 44.4 Å². The fourth-order valence-electron chi connectivity index (χ4n) is 2.96. The molecule has 0 amide bonds. The van der Waals surface area contributed by atoms with E-state index in [4.69, 9.17) is 16.3 Å². The first-order chi connectivity index (χ1) is 10.0. The van der Waals surface area contributed by atoms with Crippen molar-refractivity contribution in [3.05, 3.63) is 34.6 Å². The summed E-state index contributed by atoms with van der Waals surface area (Å²) in [6.45, 7) is 6.09. The minimum Gasteiger partial charge on any atom is -0.374 e. The Hall–Kier alpha value is -0.640. The minimum absolute atomic E-state index is 0.175. The Morgan fingerprint density at radius 2 is 2.24 bits per heavy atom. The Bertz CT molecular complexity index is 460. The van der Waals surface area contributed by atoms with Crippen molar-refractivity contribution < 1.29 is 9.13 Å². The van der Waals surface area contributed by atoms with Gasteiger partial charge in [0, 0.05) is 17.7 Å². The summed E-state index contributed by atoms with van der Waals surface area (Å²) in [5.41, 5.74) is 0.799. The molecule has 1 fully saturated rings. The summed E-state index contributed by atoms with van der Waals surface area (Å²) < 4.78 is 19.3. The van der Waals surface area contributed by atoms with Crippen LogP contribution in [0.2, 0.25) is 5.02 Å². The maximum absolute atomic E-state index is 13.2. The van der Waals surface area contributed by atoms with Crippen molar-refractivity contribution in [2.24, 2.45) is 0 Å². The molecule has 1 aliphatic heterocycles. The van der Waals surface area contributed by atoms with Gasteiger partial charge in [-0.05, 0) is 63.3 Å². The number of rotatable bonds is 6. The lowest BCUT2D eigenvalue weighted by Crippen LogP contribution is -2.53. The summed E-state index contributed by atoms with van der Waals surface area (Å²) >= 11 is 6.18. The quantitative estimate of drug-likeness (QED) is 0.843. The monoisotopic (exact) mass is 313 g/mol. The van der Waals surface area contributed by atoms with E-state index >= 15 is 0 Å². The third-order valence-corrected chi connectivity index (χ3v) is 4.67. The Labute approximate surface area is 132 Å². The van der Waals surface area contributed by atoms with Crippen molar-refractivity contribution in [3.8, 4) is 0 Å². The van der Waals surface area contributed by atoms with Crippen LogP contribution in [0, 0.1) is 5.82 Å². The largest absolute Gasteiger partial charge is 0.374 e. The number of halogens is 2. The van der Waals surface area contributed by atoms with Crippen LogP contribution in [0.1, 0.15) is 45.1 Å². The van der Waals surface area contributed by atoms with Crippen molar-refractivity contribution >= 4 is 11.6 Å². The van der Waals surface area contributed by atoms with Crippen molar-refractivity contribution in [1.82, 2.24) is 5.32 Å². The smallest absolute Gasteiger partial charge is 0.124 e. The molecule has 1 heterocycles. The van der Waals surface area contributed by atoms with Crippen LogP contribution in [0.4, 0.5) is 4.39 Å². The summed E-state index contributed by atoms with van der Waals surface area (Å²) in [6, 6.07) is 4.84. The highest BCUT2D eigenvalue weighted by Gasteiger charge is 2.36. The Kier molecular flexibility index (Phi) is 6.03. The number of ether oxygens (including phenoxy) is 1. The molecule has 2 unspecified atom stereocenters. The molecule has 0 aromatic heterocycles. The molecule has 1 N–H and O–H groups in total. The first-order valence-corrected chi connectivity index (χ1v) is 8.24. The lowest BCUT2D eigenvalue weighted by Gasteiger charge is -2.41. The molecule has 1 aromatic rings. The summed E-state index contributed by atoms with van der Waals surface area (Å²) in [5, 5.41) is 4.09. The standard InChI is InChI=1S/C17H25ClFNO/c1-3-9-20-16(17(2)8-4-5-10-21-17)11-13-6-7-14(19)12-15(13)18/h6-7,12,16,20H,3-5,8-11H2,1-2H3. The molecule has 0 spiro atoms. The van der Waals surface area contributed by atoms with Gasteiger partial charge in [0.1, 0.15) is 5.82 Å². The molecule has 4 heteroatoms. The van der Waals surface area contributed by atoms with Gasteiger partial charge in [-0.3, -0.25) is 0 Å². The number of hydrogen-bond donors (Lipinski definition) is 1. The number of nitrogens with one attached hydrogen (secondary N) is 1. The van der Waals surface area contributed by atoms with E-state index in [1.165, 1.54) is 18.6 Å². The van der Waals surface area contributed by atoms with Crippen LogP contribution in [-0.2, 0) is 11.2 Å². The maximum Gasteiger partial charge on any atom is 0.124 e. The predicted molar refractivity (Wildman–Crippen MR) is 85.4 cm³/mol. The summed E-state index contributed by atoms with van der Waals surface area (Å²) in [7, 11) is 0. The van der Waals surface area contributed by atoms with Crippen LogP contribution in [0.25, 0.3) is 0 Å². The van der Waals surface area contributed by atoms with E-state index in [1.54, 1.807) is 6.07 Å². The lowest BCUT2D eigenvalue weighted by atomic mass is 9.84. The van der Waals surface area contributed by atoms with Crippen LogP contribution in [-0.4, -0.2) is 24.8 Å². The van der Waals surface area contributed by atoms with E-state index in [-0.39, 0.29) is 17.5 Å². The van der Waals surface area contributed by atoms with Gasteiger partial charge in [-0.1, -0.05) is 24.6 Å². The first-order valence-electron chi connectivity index (χ1n) is 7.86. The second-order valence-electron chi connectivity index (χ2n) is 6.06. The van der Waals surface area contributed by atoms with Gasteiger partial charge in [0.2, 0.25) is 0 Å². The Balaban J connectivity index is 2.15. The second kappa shape index (κ2) is 7.57. The van der Waals surface area contributed by atoms with Crippen LogP contribution < -0.4 is 5.32 Å². The molecule has 0 radical (unpaired) electrons. The van der Waals surface area contributed by atoms with Crippen molar-refractivity contribution in [1.29, 1.82) is 0 Å². The molecular weight excluding hydrogens is 289 g/mol. The molecule has 0 aliphatic carbocycles.